The number of rotatable bonds is 14. The van der Waals surface area contributed by atoms with Crippen LogP contribution in [0, 0.1) is 5.92 Å². The van der Waals surface area contributed by atoms with Gasteiger partial charge in [0.2, 0.25) is 29.4 Å². The summed E-state index contributed by atoms with van der Waals surface area (Å²) < 4.78 is 0. The Morgan fingerprint density at radius 1 is 0.894 bits per heavy atom. The van der Waals surface area contributed by atoms with Gasteiger partial charge in [-0.15, -0.1) is 0 Å². The molecule has 47 heavy (non-hydrogen) atoms. The number of nitrogens with one attached hydrogen (secondary N) is 3. The molecule has 2 fully saturated rings. The Bertz CT molecular complexity index is 1410. The van der Waals surface area contributed by atoms with Crippen molar-refractivity contribution in [2.24, 2.45) is 17.4 Å². The Balaban J connectivity index is 1.41. The molecule has 4 rings (SSSR count). The lowest BCUT2D eigenvalue weighted by molar-refractivity contribution is -0.143. The van der Waals surface area contributed by atoms with Gasteiger partial charge in [-0.3, -0.25) is 28.8 Å². The first-order valence-corrected chi connectivity index (χ1v) is 16.5. The highest BCUT2D eigenvalue weighted by Crippen LogP contribution is 2.34. The van der Waals surface area contributed by atoms with E-state index in [1.165, 1.54) is 0 Å². The Hall–Kier alpha value is -4.58. The first-order valence-electron chi connectivity index (χ1n) is 16.5. The number of likely N-dealkylation sites (tertiary alicyclic amines) is 1. The fraction of sp³-hybridized carbons (Fsp3) is 0.486. The molecule has 7 N–H and O–H groups in total. The summed E-state index contributed by atoms with van der Waals surface area (Å²) in [6, 6.07) is 14.1. The predicted octanol–water partition coefficient (Wildman–Crippen LogP) is 1.59. The highest BCUT2D eigenvalue weighted by atomic mass is 16.2. The summed E-state index contributed by atoms with van der Waals surface area (Å²) in [5, 5.41) is 7.47. The molecular formula is C35H46N6O6. The number of Topliss-reactive ketones (excluding diaryl/α,β-unsaturated/α-hetero) is 1. The molecule has 2 aliphatic rings. The van der Waals surface area contributed by atoms with Crippen molar-refractivity contribution in [2.75, 3.05) is 13.1 Å². The minimum absolute atomic E-state index is 0.0528. The van der Waals surface area contributed by atoms with E-state index in [0.717, 1.165) is 37.7 Å². The van der Waals surface area contributed by atoms with E-state index in [1.807, 2.05) is 37.3 Å². The third-order valence-electron chi connectivity index (χ3n) is 9.17. The molecule has 1 heterocycles. The number of carbonyl (C=O) groups excluding carboxylic acids is 6. The molecule has 1 saturated carbocycles. The maximum absolute atomic E-state index is 13.8. The van der Waals surface area contributed by atoms with Crippen molar-refractivity contribution >= 4 is 35.3 Å². The number of nitrogens with two attached hydrogens (primary N) is 2. The number of hydrogen-bond acceptors (Lipinski definition) is 7. The van der Waals surface area contributed by atoms with E-state index in [1.54, 1.807) is 35.2 Å². The minimum atomic E-state index is -1.17. The number of hydrogen-bond donors (Lipinski definition) is 5. The monoisotopic (exact) mass is 646 g/mol. The first-order chi connectivity index (χ1) is 22.6. The van der Waals surface area contributed by atoms with Crippen molar-refractivity contribution in [1.82, 2.24) is 20.9 Å². The van der Waals surface area contributed by atoms with Gasteiger partial charge in [0, 0.05) is 12.5 Å². The van der Waals surface area contributed by atoms with Crippen LogP contribution in [0.2, 0.25) is 0 Å². The summed E-state index contributed by atoms with van der Waals surface area (Å²) in [4.78, 5) is 79.7. The number of benzene rings is 2. The van der Waals surface area contributed by atoms with Gasteiger partial charge in [0.1, 0.15) is 12.1 Å². The Kier molecular flexibility index (Phi) is 12.6. The zero-order chi connectivity index (χ0) is 33.9. The molecule has 1 aliphatic carbocycles. The summed E-state index contributed by atoms with van der Waals surface area (Å²) in [7, 11) is 0. The summed E-state index contributed by atoms with van der Waals surface area (Å²) in [6.45, 7) is 1.54. The van der Waals surface area contributed by atoms with Crippen LogP contribution in [0.3, 0.4) is 0 Å². The number of nitrogens with zero attached hydrogens (tertiary/aromatic N) is 1. The molecule has 1 aliphatic heterocycles. The second kappa shape index (κ2) is 16.8. The van der Waals surface area contributed by atoms with Gasteiger partial charge in [-0.25, -0.2) is 0 Å². The largest absolute Gasteiger partial charge is 0.368 e. The van der Waals surface area contributed by atoms with Crippen LogP contribution in [0.25, 0.3) is 0 Å². The molecule has 12 heteroatoms. The normalized spacial score (nSPS) is 20.0. The molecule has 2 aromatic carbocycles. The topological polar surface area (TPSA) is 194 Å². The van der Waals surface area contributed by atoms with E-state index in [0.29, 0.717) is 24.9 Å². The maximum atomic E-state index is 13.8. The fourth-order valence-electron chi connectivity index (χ4n) is 6.59. The lowest BCUT2D eigenvalue weighted by atomic mass is 9.83. The van der Waals surface area contributed by atoms with Gasteiger partial charge in [-0.05, 0) is 42.7 Å². The molecule has 252 valence electrons. The Morgan fingerprint density at radius 3 is 2.15 bits per heavy atom. The average molecular weight is 647 g/mol. The van der Waals surface area contributed by atoms with Crippen LogP contribution >= 0.6 is 0 Å². The summed E-state index contributed by atoms with van der Waals surface area (Å²) in [6.07, 6.45) is 5.90. The van der Waals surface area contributed by atoms with Crippen LogP contribution < -0.4 is 27.4 Å². The van der Waals surface area contributed by atoms with Gasteiger partial charge in [0.05, 0.1) is 18.6 Å². The molecule has 0 radical (unpaired) electrons. The number of amides is 5. The molecule has 1 saturated heterocycles. The lowest BCUT2D eigenvalue weighted by Gasteiger charge is -2.32. The number of carbonyl (C=O) groups is 6. The van der Waals surface area contributed by atoms with Crippen molar-refractivity contribution < 1.29 is 28.8 Å². The first kappa shape index (κ1) is 35.3. The molecule has 5 amide bonds. The third-order valence-corrected chi connectivity index (χ3v) is 9.17. The number of primary amides is 1. The van der Waals surface area contributed by atoms with Gasteiger partial charge in [-0.1, -0.05) is 93.3 Å². The van der Waals surface area contributed by atoms with Crippen molar-refractivity contribution in [3.05, 3.63) is 71.8 Å². The van der Waals surface area contributed by atoms with Crippen LogP contribution in [-0.2, 0) is 28.8 Å². The van der Waals surface area contributed by atoms with E-state index in [4.69, 9.17) is 11.5 Å². The summed E-state index contributed by atoms with van der Waals surface area (Å²) in [5.41, 5.74) is 13.4. The SMILES string of the molecule is CCCC(NC(=O)[C@@H]1C[C@@H](c2ccccc2)CN1C(=O)[C@@H](N)C1CCCCC1)C(=O)C(=O)NCC(=O)N[C@H](C(N)=O)c1ccccc1. The maximum Gasteiger partial charge on any atom is 0.290 e. The molecule has 5 atom stereocenters. The third kappa shape index (κ3) is 9.25. The van der Waals surface area contributed by atoms with E-state index in [2.05, 4.69) is 16.0 Å². The van der Waals surface area contributed by atoms with Crippen molar-refractivity contribution in [1.29, 1.82) is 0 Å². The van der Waals surface area contributed by atoms with Crippen molar-refractivity contribution in [2.45, 2.75) is 88.4 Å². The molecular weight excluding hydrogens is 600 g/mol. The van der Waals surface area contributed by atoms with Gasteiger partial charge < -0.3 is 32.3 Å². The van der Waals surface area contributed by atoms with E-state index in [9.17, 15) is 28.8 Å². The Labute approximate surface area is 275 Å². The molecule has 0 bridgehead atoms. The van der Waals surface area contributed by atoms with Crippen molar-refractivity contribution in [3.8, 4) is 0 Å². The summed E-state index contributed by atoms with van der Waals surface area (Å²) in [5.74, 6) is -4.34. The minimum Gasteiger partial charge on any atom is -0.368 e. The molecule has 12 nitrogen and oxygen atoms in total. The zero-order valence-corrected chi connectivity index (χ0v) is 26.9. The van der Waals surface area contributed by atoms with Crippen LogP contribution in [0.1, 0.15) is 81.4 Å². The highest BCUT2D eigenvalue weighted by Gasteiger charge is 2.44. The smallest absolute Gasteiger partial charge is 0.290 e. The molecule has 0 spiro atoms. The summed E-state index contributed by atoms with van der Waals surface area (Å²) >= 11 is 0. The van der Waals surface area contributed by atoms with Crippen molar-refractivity contribution in [3.63, 3.8) is 0 Å². The van der Waals surface area contributed by atoms with Crippen LogP contribution in [0.5, 0.6) is 0 Å². The predicted molar refractivity (Wildman–Crippen MR) is 175 cm³/mol. The van der Waals surface area contributed by atoms with Gasteiger partial charge in [0.25, 0.3) is 5.91 Å². The van der Waals surface area contributed by atoms with Gasteiger partial charge in [-0.2, -0.15) is 0 Å². The van der Waals surface area contributed by atoms with E-state index < -0.39 is 60.1 Å². The highest BCUT2D eigenvalue weighted by molar-refractivity contribution is 6.38. The molecule has 1 unspecified atom stereocenters. The molecule has 0 aromatic heterocycles. The number of ketones is 1. The second-order valence-electron chi connectivity index (χ2n) is 12.5. The van der Waals surface area contributed by atoms with E-state index in [-0.39, 0.29) is 24.2 Å². The standard InChI is InChI=1S/C35H46N6O6/c1-2-12-26(31(43)34(46)38-20-28(42)40-30(32(37)44)24-17-10-5-11-18-24)39-33(45)27-19-25(22-13-6-3-7-14-22)21-41(27)35(47)29(36)23-15-8-4-9-16-23/h3,5-7,10-11,13-14,17-18,23,25-27,29-30H,2,4,8-9,12,15-16,19-21,36H2,1H3,(H2,37,44)(H,38,46)(H,39,45)(H,40,42)/t25-,26?,27+,29+,30+/m1/s1. The quantitative estimate of drug-likeness (QED) is 0.192. The zero-order valence-electron chi connectivity index (χ0n) is 26.9. The van der Waals surface area contributed by atoms with Crippen LogP contribution in [0.4, 0.5) is 0 Å². The Morgan fingerprint density at radius 2 is 1.53 bits per heavy atom. The lowest BCUT2D eigenvalue weighted by Crippen LogP contribution is -2.56. The van der Waals surface area contributed by atoms with Crippen LogP contribution in [-0.4, -0.2) is 71.4 Å². The van der Waals surface area contributed by atoms with Crippen LogP contribution in [0.15, 0.2) is 60.7 Å². The van der Waals surface area contributed by atoms with Gasteiger partial charge >= 0.3 is 0 Å². The second-order valence-corrected chi connectivity index (χ2v) is 12.5. The van der Waals surface area contributed by atoms with Gasteiger partial charge in [0.15, 0.2) is 0 Å². The fourth-order valence-corrected chi connectivity index (χ4v) is 6.59. The average Bonchev–Trinajstić information content (AvgIpc) is 3.55. The molecule has 2 aromatic rings. The van der Waals surface area contributed by atoms with E-state index >= 15 is 0 Å².